The van der Waals surface area contributed by atoms with Crippen LogP contribution in [0.5, 0.6) is 0 Å². The van der Waals surface area contributed by atoms with Gasteiger partial charge in [0.1, 0.15) is 0 Å². The summed E-state index contributed by atoms with van der Waals surface area (Å²) in [5.41, 5.74) is 8.06. The quantitative estimate of drug-likeness (QED) is 0.746. The van der Waals surface area contributed by atoms with Gasteiger partial charge in [0.2, 0.25) is 5.91 Å². The van der Waals surface area contributed by atoms with Crippen molar-refractivity contribution in [2.75, 3.05) is 0 Å². The van der Waals surface area contributed by atoms with Crippen molar-refractivity contribution in [2.24, 2.45) is 5.73 Å². The summed E-state index contributed by atoms with van der Waals surface area (Å²) in [5, 5.41) is 9.49. The third-order valence-electron chi connectivity index (χ3n) is 3.30. The summed E-state index contributed by atoms with van der Waals surface area (Å²) >= 11 is 0. The average molecular weight is 272 g/mol. The topological polar surface area (TPSA) is 83.8 Å². The second-order valence-electron chi connectivity index (χ2n) is 4.89. The van der Waals surface area contributed by atoms with Crippen LogP contribution in [-0.4, -0.2) is 22.1 Å². The van der Waals surface area contributed by atoms with Crippen LogP contribution >= 0.6 is 0 Å². The van der Waals surface area contributed by atoms with Crippen molar-refractivity contribution in [1.82, 2.24) is 15.5 Å². The van der Waals surface area contributed by atoms with Crippen molar-refractivity contribution in [1.29, 1.82) is 0 Å². The molecular formula is C15H20N4O. The van der Waals surface area contributed by atoms with E-state index in [1.54, 1.807) is 12.4 Å². The van der Waals surface area contributed by atoms with E-state index in [1.165, 1.54) is 5.56 Å². The van der Waals surface area contributed by atoms with Crippen molar-refractivity contribution in [3.8, 4) is 0 Å². The van der Waals surface area contributed by atoms with E-state index in [4.69, 9.17) is 5.73 Å². The lowest BCUT2D eigenvalue weighted by molar-refractivity contribution is -0.123. The van der Waals surface area contributed by atoms with Crippen molar-refractivity contribution >= 4 is 5.91 Å². The number of H-pyrrole nitrogens is 1. The minimum atomic E-state index is -0.496. The molecule has 1 aromatic carbocycles. The Hall–Kier alpha value is -2.14. The largest absolute Gasteiger partial charge is 0.348 e. The van der Waals surface area contributed by atoms with E-state index in [9.17, 15) is 4.79 Å². The lowest BCUT2D eigenvalue weighted by atomic mass is 10.0. The van der Waals surface area contributed by atoms with E-state index >= 15 is 0 Å². The molecule has 0 aliphatic carbocycles. The monoisotopic (exact) mass is 272 g/mol. The second kappa shape index (κ2) is 6.86. The molecule has 20 heavy (non-hydrogen) atoms. The summed E-state index contributed by atoms with van der Waals surface area (Å²) in [6, 6.07) is 9.44. The van der Waals surface area contributed by atoms with Gasteiger partial charge in [0.05, 0.1) is 18.3 Å². The van der Waals surface area contributed by atoms with E-state index in [-0.39, 0.29) is 11.9 Å². The summed E-state index contributed by atoms with van der Waals surface area (Å²) in [5.74, 6) is -0.130. The van der Waals surface area contributed by atoms with Crippen molar-refractivity contribution in [2.45, 2.75) is 31.8 Å². The summed E-state index contributed by atoms with van der Waals surface area (Å²) < 4.78 is 0. The van der Waals surface area contributed by atoms with Gasteiger partial charge in [-0.15, -0.1) is 0 Å². The van der Waals surface area contributed by atoms with Crippen LogP contribution in [0.4, 0.5) is 0 Å². The summed E-state index contributed by atoms with van der Waals surface area (Å²) in [6.07, 6.45) is 4.89. The zero-order valence-corrected chi connectivity index (χ0v) is 11.5. The lowest BCUT2D eigenvalue weighted by Crippen LogP contribution is -2.41. The molecule has 0 bridgehead atoms. The zero-order valence-electron chi connectivity index (χ0n) is 11.5. The predicted octanol–water partition coefficient (Wildman–Crippen LogP) is 1.55. The van der Waals surface area contributed by atoms with E-state index in [0.717, 1.165) is 12.0 Å². The van der Waals surface area contributed by atoms with Gasteiger partial charge in [0.15, 0.2) is 0 Å². The SMILES string of the molecule is CC(NC(=O)[C@@H](N)CCc1ccccc1)c1cn[nH]c1. The Labute approximate surface area is 118 Å². The van der Waals surface area contributed by atoms with Gasteiger partial charge in [-0.2, -0.15) is 5.10 Å². The third-order valence-corrected chi connectivity index (χ3v) is 3.30. The Bertz CT molecular complexity index is 524. The molecule has 1 heterocycles. The molecular weight excluding hydrogens is 252 g/mol. The molecule has 0 aliphatic rings. The van der Waals surface area contributed by atoms with E-state index in [1.807, 2.05) is 37.3 Å². The first kappa shape index (κ1) is 14.3. The maximum Gasteiger partial charge on any atom is 0.237 e. The first-order chi connectivity index (χ1) is 9.66. The molecule has 0 radical (unpaired) electrons. The molecule has 1 amide bonds. The molecule has 1 aromatic heterocycles. The number of amides is 1. The first-order valence-electron chi connectivity index (χ1n) is 6.75. The standard InChI is InChI=1S/C15H20N4O/c1-11(13-9-17-18-10-13)19-15(20)14(16)8-7-12-5-3-2-4-6-12/h2-6,9-11,14H,7-8,16H2,1H3,(H,17,18)(H,19,20)/t11?,14-/m0/s1. The molecule has 0 spiro atoms. The number of aromatic amines is 1. The number of carbonyl (C=O) groups is 1. The Morgan fingerprint density at radius 2 is 2.15 bits per heavy atom. The number of nitrogens with two attached hydrogens (primary N) is 1. The molecule has 5 heteroatoms. The number of nitrogens with zero attached hydrogens (tertiary/aromatic N) is 1. The van der Waals surface area contributed by atoms with Crippen LogP contribution in [0.3, 0.4) is 0 Å². The highest BCUT2D eigenvalue weighted by atomic mass is 16.2. The number of hydrogen-bond donors (Lipinski definition) is 3. The van der Waals surface area contributed by atoms with Gasteiger partial charge in [-0.05, 0) is 25.3 Å². The maximum atomic E-state index is 12.0. The van der Waals surface area contributed by atoms with Crippen LogP contribution in [0.1, 0.15) is 30.5 Å². The van der Waals surface area contributed by atoms with Gasteiger partial charge in [-0.25, -0.2) is 0 Å². The van der Waals surface area contributed by atoms with Crippen LogP contribution in [0.25, 0.3) is 0 Å². The molecule has 5 nitrogen and oxygen atoms in total. The molecule has 2 aromatic rings. The molecule has 0 saturated carbocycles. The van der Waals surface area contributed by atoms with Crippen LogP contribution in [0.2, 0.25) is 0 Å². The third kappa shape index (κ3) is 3.93. The molecule has 106 valence electrons. The fourth-order valence-corrected chi connectivity index (χ4v) is 2.00. The fourth-order valence-electron chi connectivity index (χ4n) is 2.00. The lowest BCUT2D eigenvalue weighted by Gasteiger charge is -2.16. The molecule has 0 saturated heterocycles. The minimum Gasteiger partial charge on any atom is -0.348 e. The molecule has 0 aliphatic heterocycles. The number of hydrogen-bond acceptors (Lipinski definition) is 3. The summed E-state index contributed by atoms with van der Waals surface area (Å²) in [7, 11) is 0. The minimum absolute atomic E-state index is 0.0935. The van der Waals surface area contributed by atoms with Crippen molar-refractivity contribution in [3.05, 3.63) is 53.9 Å². The molecule has 0 fully saturated rings. The molecule has 2 atom stereocenters. The summed E-state index contributed by atoms with van der Waals surface area (Å²) in [4.78, 5) is 12.0. The highest BCUT2D eigenvalue weighted by Gasteiger charge is 2.16. The van der Waals surface area contributed by atoms with Crippen LogP contribution in [0.15, 0.2) is 42.7 Å². The Morgan fingerprint density at radius 3 is 2.80 bits per heavy atom. The fraction of sp³-hybridized carbons (Fsp3) is 0.333. The number of nitrogens with one attached hydrogen (secondary N) is 2. The normalized spacial score (nSPS) is 13.7. The number of carbonyl (C=O) groups excluding carboxylic acids is 1. The Balaban J connectivity index is 1.80. The van der Waals surface area contributed by atoms with E-state index in [0.29, 0.717) is 6.42 Å². The Kier molecular flexibility index (Phi) is 4.90. The zero-order chi connectivity index (χ0) is 14.4. The van der Waals surface area contributed by atoms with E-state index < -0.39 is 6.04 Å². The highest BCUT2D eigenvalue weighted by Crippen LogP contribution is 2.10. The van der Waals surface area contributed by atoms with Crippen LogP contribution < -0.4 is 11.1 Å². The van der Waals surface area contributed by atoms with Gasteiger partial charge in [-0.1, -0.05) is 30.3 Å². The molecule has 1 unspecified atom stereocenters. The number of rotatable bonds is 6. The second-order valence-corrected chi connectivity index (χ2v) is 4.89. The van der Waals surface area contributed by atoms with Crippen LogP contribution in [-0.2, 0) is 11.2 Å². The number of benzene rings is 1. The molecule has 4 N–H and O–H groups in total. The number of aromatic nitrogens is 2. The highest BCUT2D eigenvalue weighted by molar-refractivity contribution is 5.81. The summed E-state index contributed by atoms with van der Waals surface area (Å²) in [6.45, 7) is 1.91. The van der Waals surface area contributed by atoms with Gasteiger partial charge in [-0.3, -0.25) is 9.89 Å². The first-order valence-corrected chi connectivity index (χ1v) is 6.75. The number of aryl methyl sites for hydroxylation is 1. The van der Waals surface area contributed by atoms with Crippen LogP contribution in [0, 0.1) is 0 Å². The maximum absolute atomic E-state index is 12.0. The van der Waals surface area contributed by atoms with Crippen molar-refractivity contribution < 1.29 is 4.79 Å². The van der Waals surface area contributed by atoms with Crippen molar-refractivity contribution in [3.63, 3.8) is 0 Å². The van der Waals surface area contributed by atoms with Gasteiger partial charge >= 0.3 is 0 Å². The van der Waals surface area contributed by atoms with E-state index in [2.05, 4.69) is 15.5 Å². The average Bonchev–Trinajstić information content (AvgIpc) is 3.00. The smallest absolute Gasteiger partial charge is 0.237 e. The Morgan fingerprint density at radius 1 is 1.40 bits per heavy atom. The van der Waals surface area contributed by atoms with Gasteiger partial charge in [0, 0.05) is 11.8 Å². The van der Waals surface area contributed by atoms with Gasteiger partial charge < -0.3 is 11.1 Å². The predicted molar refractivity (Wildman–Crippen MR) is 77.9 cm³/mol. The van der Waals surface area contributed by atoms with Gasteiger partial charge in [0.25, 0.3) is 0 Å². The molecule has 2 rings (SSSR count).